The van der Waals surface area contributed by atoms with Crippen LogP contribution in [-0.4, -0.2) is 71.1 Å². The van der Waals surface area contributed by atoms with Crippen molar-refractivity contribution in [3.8, 4) is 0 Å². The standard InChI is InChI=1S/C25H32ClN3O5/c1-5-33-23(31)20-14-28(11-16-12-29(13-19(16)20)24(32)34-25(2,3)4)22(30)8-15-10-27-21-9-17(26)6-7-18(15)21/h6-7,9-10,16,19-20,27H,5,8,11-14H2,1-4H3. The van der Waals surface area contributed by atoms with E-state index in [9.17, 15) is 14.4 Å². The average Bonchev–Trinajstić information content (AvgIpc) is 3.36. The van der Waals surface area contributed by atoms with Gasteiger partial charge in [0.1, 0.15) is 5.60 Å². The fourth-order valence-corrected chi connectivity index (χ4v) is 5.21. The van der Waals surface area contributed by atoms with Crippen LogP contribution in [-0.2, 0) is 25.5 Å². The van der Waals surface area contributed by atoms with Crippen LogP contribution in [0.1, 0.15) is 33.3 Å². The molecule has 1 aromatic carbocycles. The Labute approximate surface area is 204 Å². The molecule has 4 rings (SSSR count). The van der Waals surface area contributed by atoms with E-state index in [4.69, 9.17) is 21.1 Å². The number of carbonyl (C=O) groups excluding carboxylic acids is 3. The summed E-state index contributed by atoms with van der Waals surface area (Å²) in [5.74, 6) is -0.925. The van der Waals surface area contributed by atoms with Gasteiger partial charge in [0, 0.05) is 48.3 Å². The van der Waals surface area contributed by atoms with E-state index in [2.05, 4.69) is 4.98 Å². The highest BCUT2D eigenvalue weighted by Gasteiger charge is 2.49. The summed E-state index contributed by atoms with van der Waals surface area (Å²) in [4.78, 5) is 45.4. The molecule has 2 saturated heterocycles. The predicted molar refractivity (Wildman–Crippen MR) is 129 cm³/mol. The summed E-state index contributed by atoms with van der Waals surface area (Å²) in [6.45, 7) is 9.18. The van der Waals surface area contributed by atoms with Gasteiger partial charge in [0.25, 0.3) is 0 Å². The quantitative estimate of drug-likeness (QED) is 0.658. The van der Waals surface area contributed by atoms with Crippen molar-refractivity contribution in [1.82, 2.24) is 14.8 Å². The molecule has 2 aliphatic heterocycles. The van der Waals surface area contributed by atoms with Gasteiger partial charge in [-0.1, -0.05) is 17.7 Å². The van der Waals surface area contributed by atoms with Gasteiger partial charge in [-0.2, -0.15) is 0 Å². The predicted octanol–water partition coefficient (Wildman–Crippen LogP) is 3.87. The number of aromatic amines is 1. The maximum Gasteiger partial charge on any atom is 0.410 e. The minimum atomic E-state index is -0.600. The zero-order valence-corrected chi connectivity index (χ0v) is 20.9. The van der Waals surface area contributed by atoms with E-state index in [1.807, 2.05) is 39.1 Å². The van der Waals surface area contributed by atoms with E-state index >= 15 is 0 Å². The van der Waals surface area contributed by atoms with Crippen LogP contribution in [0.2, 0.25) is 5.02 Å². The van der Waals surface area contributed by atoms with E-state index in [0.717, 1.165) is 16.5 Å². The third-order valence-electron chi connectivity index (χ3n) is 6.55. The summed E-state index contributed by atoms with van der Waals surface area (Å²) >= 11 is 6.07. The van der Waals surface area contributed by atoms with E-state index < -0.39 is 11.5 Å². The smallest absolute Gasteiger partial charge is 0.410 e. The zero-order valence-electron chi connectivity index (χ0n) is 20.1. The number of benzene rings is 1. The third-order valence-corrected chi connectivity index (χ3v) is 6.78. The lowest BCUT2D eigenvalue weighted by molar-refractivity contribution is -0.155. The van der Waals surface area contributed by atoms with Crippen molar-refractivity contribution in [3.63, 3.8) is 0 Å². The highest BCUT2D eigenvalue weighted by molar-refractivity contribution is 6.31. The topological polar surface area (TPSA) is 91.9 Å². The molecule has 2 aromatic rings. The Kier molecular flexibility index (Phi) is 6.80. The molecule has 0 radical (unpaired) electrons. The molecule has 0 saturated carbocycles. The SMILES string of the molecule is CCOC(=O)C1CN(C(=O)Cc2c[nH]c3cc(Cl)ccc23)CC2CN(C(=O)OC(C)(C)C)CC21. The number of ether oxygens (including phenoxy) is 2. The molecule has 9 heteroatoms. The zero-order chi connectivity index (χ0) is 24.6. The second-order valence-corrected chi connectivity index (χ2v) is 10.6. The number of likely N-dealkylation sites (tertiary alicyclic amines) is 2. The van der Waals surface area contributed by atoms with Gasteiger partial charge in [-0.05, 0) is 57.2 Å². The lowest BCUT2D eigenvalue weighted by atomic mass is 9.79. The molecule has 8 nitrogen and oxygen atoms in total. The lowest BCUT2D eigenvalue weighted by Gasteiger charge is -2.39. The molecule has 184 valence electrons. The van der Waals surface area contributed by atoms with Crippen LogP contribution >= 0.6 is 11.6 Å². The summed E-state index contributed by atoms with van der Waals surface area (Å²) in [6, 6.07) is 5.54. The molecule has 3 unspecified atom stereocenters. The summed E-state index contributed by atoms with van der Waals surface area (Å²) in [6.07, 6.45) is 1.65. The maximum atomic E-state index is 13.3. The molecule has 2 fully saturated rings. The summed E-state index contributed by atoms with van der Waals surface area (Å²) in [7, 11) is 0. The molecular weight excluding hydrogens is 458 g/mol. The molecule has 2 aliphatic rings. The van der Waals surface area contributed by atoms with Crippen molar-refractivity contribution in [2.24, 2.45) is 17.8 Å². The Morgan fingerprint density at radius 2 is 1.85 bits per heavy atom. The van der Waals surface area contributed by atoms with Crippen molar-refractivity contribution >= 4 is 40.5 Å². The van der Waals surface area contributed by atoms with Crippen LogP contribution in [0.3, 0.4) is 0 Å². The number of hydrogen-bond donors (Lipinski definition) is 1. The minimum absolute atomic E-state index is 0.0126. The molecule has 1 aromatic heterocycles. The second kappa shape index (κ2) is 9.49. The Hall–Kier alpha value is -2.74. The normalized spacial score (nSPS) is 22.6. The number of hydrogen-bond acceptors (Lipinski definition) is 5. The van der Waals surface area contributed by atoms with Crippen molar-refractivity contribution < 1.29 is 23.9 Å². The van der Waals surface area contributed by atoms with Crippen LogP contribution < -0.4 is 0 Å². The number of carbonyl (C=O) groups is 3. The number of halogens is 1. The van der Waals surface area contributed by atoms with Crippen LogP contribution in [0.4, 0.5) is 4.79 Å². The number of rotatable bonds is 4. The van der Waals surface area contributed by atoms with E-state index in [-0.39, 0.29) is 49.4 Å². The van der Waals surface area contributed by atoms with E-state index in [1.165, 1.54) is 0 Å². The molecule has 3 heterocycles. The fourth-order valence-electron chi connectivity index (χ4n) is 5.03. The van der Waals surface area contributed by atoms with Crippen molar-refractivity contribution in [2.45, 2.75) is 39.7 Å². The monoisotopic (exact) mass is 489 g/mol. The van der Waals surface area contributed by atoms with Crippen molar-refractivity contribution in [3.05, 3.63) is 35.0 Å². The van der Waals surface area contributed by atoms with Gasteiger partial charge in [0.15, 0.2) is 0 Å². The first kappa shape index (κ1) is 24.4. The summed E-state index contributed by atoms with van der Waals surface area (Å²) in [5.41, 5.74) is 1.16. The van der Waals surface area contributed by atoms with Crippen LogP contribution in [0.15, 0.2) is 24.4 Å². The van der Waals surface area contributed by atoms with Crippen molar-refractivity contribution in [1.29, 1.82) is 0 Å². The Morgan fingerprint density at radius 1 is 1.12 bits per heavy atom. The number of nitrogens with zero attached hydrogens (tertiary/aromatic N) is 2. The van der Waals surface area contributed by atoms with Gasteiger partial charge in [-0.15, -0.1) is 0 Å². The minimum Gasteiger partial charge on any atom is -0.466 e. The number of aromatic nitrogens is 1. The third kappa shape index (κ3) is 5.17. The highest BCUT2D eigenvalue weighted by Crippen LogP contribution is 2.37. The first-order valence-electron chi connectivity index (χ1n) is 11.7. The van der Waals surface area contributed by atoms with Crippen molar-refractivity contribution in [2.75, 3.05) is 32.8 Å². The molecule has 0 bridgehead atoms. The van der Waals surface area contributed by atoms with E-state index in [1.54, 1.807) is 22.8 Å². The largest absolute Gasteiger partial charge is 0.466 e. The second-order valence-electron chi connectivity index (χ2n) is 10.1. The first-order chi connectivity index (χ1) is 16.1. The lowest BCUT2D eigenvalue weighted by Crippen LogP contribution is -2.51. The number of fused-ring (bicyclic) bond motifs is 2. The summed E-state index contributed by atoms with van der Waals surface area (Å²) in [5, 5.41) is 1.58. The molecule has 0 aliphatic carbocycles. The van der Waals surface area contributed by atoms with Gasteiger partial charge in [-0.25, -0.2) is 4.79 Å². The number of H-pyrrole nitrogens is 1. The first-order valence-corrected chi connectivity index (χ1v) is 12.1. The molecule has 2 amide bonds. The van der Waals surface area contributed by atoms with Crippen LogP contribution in [0.25, 0.3) is 10.9 Å². The van der Waals surface area contributed by atoms with Gasteiger partial charge in [-0.3, -0.25) is 9.59 Å². The summed E-state index contributed by atoms with van der Waals surface area (Å²) < 4.78 is 10.9. The van der Waals surface area contributed by atoms with Gasteiger partial charge in [0.05, 0.1) is 18.9 Å². The molecule has 0 spiro atoms. The molecule has 34 heavy (non-hydrogen) atoms. The Morgan fingerprint density at radius 3 is 2.56 bits per heavy atom. The highest BCUT2D eigenvalue weighted by atomic mass is 35.5. The number of amides is 2. The Balaban J connectivity index is 1.51. The number of piperidine rings is 1. The molecular formula is C25H32ClN3O5. The van der Waals surface area contributed by atoms with Gasteiger partial charge >= 0.3 is 12.1 Å². The molecule has 3 atom stereocenters. The van der Waals surface area contributed by atoms with Crippen LogP contribution in [0.5, 0.6) is 0 Å². The number of nitrogens with one attached hydrogen (secondary N) is 1. The van der Waals surface area contributed by atoms with E-state index in [0.29, 0.717) is 24.7 Å². The Bertz CT molecular complexity index is 1090. The van der Waals surface area contributed by atoms with Gasteiger partial charge < -0.3 is 24.3 Å². The fraction of sp³-hybridized carbons (Fsp3) is 0.560. The number of esters is 1. The van der Waals surface area contributed by atoms with Gasteiger partial charge in [0.2, 0.25) is 5.91 Å². The molecule has 1 N–H and O–H groups in total. The van der Waals surface area contributed by atoms with Crippen LogP contribution in [0, 0.1) is 17.8 Å². The average molecular weight is 490 g/mol. The maximum absolute atomic E-state index is 13.3.